The smallest absolute Gasteiger partial charge is 0.550 e. The topological polar surface area (TPSA) is 149 Å². The maximum absolute atomic E-state index is 14.1. The van der Waals surface area contributed by atoms with Crippen molar-refractivity contribution in [1.29, 1.82) is 0 Å². The molecule has 4 aromatic heterocycles. The van der Waals surface area contributed by atoms with Crippen LogP contribution in [0.15, 0.2) is 30.7 Å². The van der Waals surface area contributed by atoms with Crippen LogP contribution >= 0.6 is 0 Å². The van der Waals surface area contributed by atoms with E-state index in [1.807, 2.05) is 7.05 Å². The second-order valence-corrected chi connectivity index (χ2v) is 13.7. The number of piperazine rings is 1. The van der Waals surface area contributed by atoms with Crippen LogP contribution in [0.3, 0.4) is 0 Å². The van der Waals surface area contributed by atoms with Crippen LogP contribution in [0.4, 0.5) is 24.7 Å². The molecule has 6 rings (SSSR count). The molecule has 5 heterocycles. The summed E-state index contributed by atoms with van der Waals surface area (Å²) in [4.78, 5) is 43.6. The van der Waals surface area contributed by atoms with Gasteiger partial charge in [-0.15, -0.1) is 0 Å². The summed E-state index contributed by atoms with van der Waals surface area (Å²) in [5.41, 5.74) is 1.53. The largest absolute Gasteiger partial charge is 1.00 e. The van der Waals surface area contributed by atoms with Crippen LogP contribution in [0.5, 0.6) is 5.88 Å². The van der Waals surface area contributed by atoms with Gasteiger partial charge in [-0.2, -0.15) is 13.2 Å². The van der Waals surface area contributed by atoms with Crippen molar-refractivity contribution in [3.05, 3.63) is 36.3 Å². The molecule has 0 amide bonds. The number of pyridine rings is 2. The molecule has 0 bridgehead atoms. The van der Waals surface area contributed by atoms with Gasteiger partial charge in [-0.1, -0.05) is 6.42 Å². The molecule has 1 saturated carbocycles. The van der Waals surface area contributed by atoms with Crippen LogP contribution in [-0.2, 0) is 15.7 Å². The summed E-state index contributed by atoms with van der Waals surface area (Å²) in [5, 5.41) is 11.0. The van der Waals surface area contributed by atoms with Gasteiger partial charge in [0.1, 0.15) is 22.6 Å². The van der Waals surface area contributed by atoms with E-state index in [2.05, 4.69) is 43.5 Å². The summed E-state index contributed by atoms with van der Waals surface area (Å²) in [5.74, 6) is -0.454. The van der Waals surface area contributed by atoms with Crippen molar-refractivity contribution >= 4 is 28.6 Å². The van der Waals surface area contributed by atoms with E-state index in [9.17, 15) is 23.1 Å². The normalized spacial score (nSPS) is 18.9. The van der Waals surface area contributed by atoms with Crippen LogP contribution < -0.4 is 49.2 Å². The minimum absolute atomic E-state index is 0. The molecule has 2 aliphatic rings. The average Bonchev–Trinajstić information content (AvgIpc) is 3.50. The quantitative estimate of drug-likeness (QED) is 0.197. The van der Waals surface area contributed by atoms with E-state index in [0.717, 1.165) is 25.3 Å². The fourth-order valence-corrected chi connectivity index (χ4v) is 7.32. The number of carbonyl (C=O) groups is 1. The number of aliphatic carboxylic acids is 1. The molecule has 13 nitrogen and oxygen atoms in total. The minimum Gasteiger partial charge on any atom is -0.550 e. The summed E-state index contributed by atoms with van der Waals surface area (Å²) in [6.45, 7) is 8.74. The van der Waals surface area contributed by atoms with E-state index < -0.39 is 23.6 Å². The van der Waals surface area contributed by atoms with Gasteiger partial charge in [0, 0.05) is 75.6 Å². The van der Waals surface area contributed by atoms with Crippen LogP contribution in [0.1, 0.15) is 52.0 Å². The second-order valence-electron chi connectivity index (χ2n) is 13.7. The molecule has 274 valence electrons. The number of anilines is 2. The Balaban J connectivity index is 0.00000523. The third-order valence-electron chi connectivity index (χ3n) is 9.90. The second kappa shape index (κ2) is 16.2. The summed E-state index contributed by atoms with van der Waals surface area (Å²) in [6, 6.07) is 2.96. The Bertz CT molecular complexity index is 1840. The summed E-state index contributed by atoms with van der Waals surface area (Å²) < 4.78 is 52.9. The Hall–Kier alpha value is -3.57. The molecule has 2 fully saturated rings. The fourth-order valence-electron chi connectivity index (χ4n) is 7.32. The van der Waals surface area contributed by atoms with Gasteiger partial charge in [-0.3, -0.25) is 4.90 Å². The number of aromatic nitrogens is 6. The molecule has 17 heteroatoms. The summed E-state index contributed by atoms with van der Waals surface area (Å²) in [6.07, 6.45) is 3.06. The number of fused-ring (bicyclic) bond motifs is 1. The molecule has 0 aromatic carbocycles. The Morgan fingerprint density at radius 1 is 1.08 bits per heavy atom. The van der Waals surface area contributed by atoms with Crippen LogP contribution in [0.2, 0.25) is 0 Å². The SMILES string of the molecule is CCOc1ncc(-c2cc(N(C)CC3(COC)CCC3)c3[nH]c(-c4cnc(N5C[C@@H](C)N(CCC(=O)[O-])[C@@H](C)C5)cn4)nc3n2)cc1C(F)(F)F.[Na+]. The molecule has 1 aliphatic carbocycles. The van der Waals surface area contributed by atoms with Crippen LogP contribution in [-0.4, -0.2) is 106 Å². The van der Waals surface area contributed by atoms with Crippen molar-refractivity contribution in [2.75, 3.05) is 63.4 Å². The van der Waals surface area contributed by atoms with Gasteiger partial charge >= 0.3 is 35.7 Å². The Morgan fingerprint density at radius 2 is 1.81 bits per heavy atom. The number of H-pyrrole nitrogens is 1. The molecule has 2 atom stereocenters. The summed E-state index contributed by atoms with van der Waals surface area (Å²) in [7, 11) is 3.64. The zero-order valence-electron chi connectivity index (χ0n) is 30.5. The number of rotatable bonds is 13. The number of hydrogen-bond donors (Lipinski definition) is 1. The number of carboxylic acids is 1. The van der Waals surface area contributed by atoms with E-state index in [1.54, 1.807) is 32.5 Å². The standard InChI is InChI=1S/C35H44F3N9O4.Na/c1-6-51-33-24(35(36,37)38)12-23(14-41-33)25-13-27(45(4)19-34(20-50-5)9-7-10-34)30-32(42-25)44-31(43-30)26-15-40-28(16-39-26)46-17-21(2)47(22(3)18-46)11-8-29(48)49;/h12-16,21-22H,6-11,17-20H2,1-5H3,(H,48,49)(H,42,43,44);/q;+1/p-1/t21-,22+;. The van der Waals surface area contributed by atoms with Gasteiger partial charge in [0.05, 0.1) is 37.0 Å². The molecule has 0 spiro atoms. The number of nitrogens with one attached hydrogen (secondary N) is 1. The van der Waals surface area contributed by atoms with Crippen molar-refractivity contribution in [2.24, 2.45) is 5.41 Å². The van der Waals surface area contributed by atoms with Gasteiger partial charge in [-0.05, 0) is 52.2 Å². The van der Waals surface area contributed by atoms with E-state index >= 15 is 0 Å². The Labute approximate surface area is 322 Å². The maximum Gasteiger partial charge on any atom is 1.00 e. The molecule has 52 heavy (non-hydrogen) atoms. The van der Waals surface area contributed by atoms with Gasteiger partial charge in [0.25, 0.3) is 0 Å². The first-order valence-electron chi connectivity index (χ1n) is 17.1. The number of carboxylic acid groups (broad SMARTS) is 1. The van der Waals surface area contributed by atoms with Gasteiger partial charge < -0.3 is 34.2 Å². The number of methoxy groups -OCH3 is 1. The number of halogens is 3. The molecule has 1 N–H and O–H groups in total. The number of aromatic amines is 1. The molecule has 0 radical (unpaired) electrons. The molecule has 1 saturated heterocycles. The summed E-state index contributed by atoms with van der Waals surface area (Å²) >= 11 is 0. The van der Waals surface area contributed by atoms with Crippen molar-refractivity contribution in [3.63, 3.8) is 0 Å². The molecular formula is C35H43F3N9NaO4. The number of carbonyl (C=O) groups excluding carboxylic acids is 1. The number of ether oxygens (including phenoxy) is 2. The number of nitrogens with zero attached hydrogens (tertiary/aromatic N) is 8. The molecule has 1 aliphatic heterocycles. The Kier molecular flexibility index (Phi) is 12.4. The Morgan fingerprint density at radius 3 is 2.38 bits per heavy atom. The number of alkyl halides is 3. The van der Waals surface area contributed by atoms with E-state index in [0.29, 0.717) is 67.0 Å². The van der Waals surface area contributed by atoms with Gasteiger partial charge in [0.2, 0.25) is 5.88 Å². The minimum atomic E-state index is -4.68. The van der Waals surface area contributed by atoms with Gasteiger partial charge in [-0.25, -0.2) is 24.9 Å². The van der Waals surface area contributed by atoms with E-state index in [-0.39, 0.29) is 71.3 Å². The van der Waals surface area contributed by atoms with Crippen molar-refractivity contribution in [3.8, 4) is 28.7 Å². The number of hydrogen-bond acceptors (Lipinski definition) is 12. The first kappa shape index (κ1) is 39.6. The van der Waals surface area contributed by atoms with Crippen molar-refractivity contribution < 1.29 is 62.1 Å². The first-order chi connectivity index (χ1) is 24.3. The van der Waals surface area contributed by atoms with Crippen LogP contribution in [0, 0.1) is 5.41 Å². The third kappa shape index (κ3) is 8.46. The molecular weight excluding hydrogens is 690 g/mol. The van der Waals surface area contributed by atoms with E-state index in [4.69, 9.17) is 24.4 Å². The van der Waals surface area contributed by atoms with Crippen molar-refractivity contribution in [2.45, 2.75) is 64.7 Å². The molecule has 0 unspecified atom stereocenters. The van der Waals surface area contributed by atoms with Gasteiger partial charge in [0.15, 0.2) is 11.5 Å². The van der Waals surface area contributed by atoms with Crippen molar-refractivity contribution in [1.82, 2.24) is 34.8 Å². The monoisotopic (exact) mass is 733 g/mol. The fraction of sp³-hybridized carbons (Fsp3) is 0.543. The maximum atomic E-state index is 14.1. The number of imidazole rings is 1. The molecule has 4 aromatic rings. The zero-order chi connectivity index (χ0) is 36.5. The first-order valence-corrected chi connectivity index (χ1v) is 17.1. The van der Waals surface area contributed by atoms with E-state index in [1.165, 1.54) is 6.20 Å². The van der Waals surface area contributed by atoms with Crippen LogP contribution in [0.25, 0.3) is 33.9 Å². The predicted molar refractivity (Wildman–Crippen MR) is 183 cm³/mol. The average molecular weight is 734 g/mol. The predicted octanol–water partition coefficient (Wildman–Crippen LogP) is 1.19. The third-order valence-corrected chi connectivity index (χ3v) is 9.90. The zero-order valence-corrected chi connectivity index (χ0v) is 32.5.